The fourth-order valence-electron chi connectivity index (χ4n) is 4.08. The van der Waals surface area contributed by atoms with E-state index < -0.39 is 31.8 Å². The normalized spacial score (nSPS) is 12.1. The molecule has 0 radical (unpaired) electrons. The number of hydrogen-bond acceptors (Lipinski definition) is 5. The minimum atomic E-state index is -4.02. The van der Waals surface area contributed by atoms with E-state index in [2.05, 4.69) is 26.2 Å². The van der Waals surface area contributed by atoms with Gasteiger partial charge in [0.05, 0.1) is 22.6 Å². The summed E-state index contributed by atoms with van der Waals surface area (Å²) in [6.07, 6.45) is -1.24. The second kappa shape index (κ2) is 15.0. The average Bonchev–Trinajstić information content (AvgIpc) is 3.00. The van der Waals surface area contributed by atoms with Crippen LogP contribution in [-0.4, -0.2) is 35.3 Å². The number of amides is 2. The number of halogens is 3. The molecule has 0 aliphatic rings. The van der Waals surface area contributed by atoms with E-state index in [-0.39, 0.29) is 27.7 Å². The molecule has 0 saturated heterocycles. The zero-order valence-electron chi connectivity index (χ0n) is 23.7. The van der Waals surface area contributed by atoms with E-state index in [0.717, 1.165) is 22.3 Å². The lowest BCUT2D eigenvalue weighted by Crippen LogP contribution is -2.56. The summed E-state index contributed by atoms with van der Waals surface area (Å²) in [5, 5.41) is 8.13. The number of benzene rings is 4. The number of aryl methyl sites for hydroxylation is 1. The van der Waals surface area contributed by atoms with Crippen molar-refractivity contribution in [3.05, 3.63) is 120 Å². The van der Waals surface area contributed by atoms with Crippen molar-refractivity contribution in [2.45, 2.75) is 28.2 Å². The number of hydrogen-bond donors (Lipinski definition) is 5. The molecular weight excluding hydrogens is 677 g/mol. The third kappa shape index (κ3) is 9.89. The number of alkyl halides is 3. The van der Waals surface area contributed by atoms with Gasteiger partial charge in [-0.3, -0.25) is 15.0 Å². The first kappa shape index (κ1) is 34.2. The highest BCUT2D eigenvalue weighted by Crippen LogP contribution is 2.29. The molecule has 0 aliphatic carbocycles. The monoisotopic (exact) mass is 703 g/mol. The smallest absolute Gasteiger partial charge is 0.268 e. The highest BCUT2D eigenvalue weighted by atomic mass is 35.6. The van der Waals surface area contributed by atoms with Gasteiger partial charge >= 0.3 is 0 Å². The van der Waals surface area contributed by atoms with Crippen LogP contribution in [0.5, 0.6) is 0 Å². The highest BCUT2D eigenvalue weighted by Gasteiger charge is 2.34. The molecule has 45 heavy (non-hydrogen) atoms. The second-order valence-corrected chi connectivity index (χ2v) is 14.3. The van der Waals surface area contributed by atoms with Crippen LogP contribution >= 0.6 is 47.0 Å². The lowest BCUT2D eigenvalue weighted by molar-refractivity contribution is -0.121. The number of thiocarbonyl (C=S) groups is 1. The summed E-state index contributed by atoms with van der Waals surface area (Å²) in [6.45, 7) is 1.82. The first-order chi connectivity index (χ1) is 21.3. The fraction of sp³-hybridized carbons (Fsp3) is 0.129. The maximum atomic E-state index is 12.9. The molecule has 4 rings (SSSR count). The molecule has 4 aromatic carbocycles. The van der Waals surface area contributed by atoms with E-state index >= 15 is 0 Å². The Morgan fingerprint density at radius 1 is 0.800 bits per heavy atom. The van der Waals surface area contributed by atoms with Gasteiger partial charge in [0.2, 0.25) is 9.70 Å². The van der Waals surface area contributed by atoms with Crippen molar-refractivity contribution >= 4 is 79.7 Å². The molecule has 234 valence electrons. The molecule has 0 saturated carbocycles. The Bertz CT molecular complexity index is 1770. The maximum Gasteiger partial charge on any atom is 0.268 e. The van der Waals surface area contributed by atoms with E-state index in [0.29, 0.717) is 0 Å². The topological polar surface area (TPSA) is 128 Å². The van der Waals surface area contributed by atoms with Crippen molar-refractivity contribution in [2.24, 2.45) is 0 Å². The van der Waals surface area contributed by atoms with E-state index in [9.17, 15) is 18.0 Å². The molecule has 0 spiro atoms. The Balaban J connectivity index is 1.37. The molecule has 14 heteroatoms. The van der Waals surface area contributed by atoms with Gasteiger partial charge in [-0.2, -0.15) is 0 Å². The first-order valence-corrected chi connectivity index (χ1v) is 16.4. The van der Waals surface area contributed by atoms with Gasteiger partial charge in [0.1, 0.15) is 6.17 Å². The lowest BCUT2D eigenvalue weighted by Gasteiger charge is -2.28. The number of carbonyl (C=O) groups is 2. The van der Waals surface area contributed by atoms with Gasteiger partial charge in [0.25, 0.3) is 15.9 Å². The molecule has 0 aromatic heterocycles. The quantitative estimate of drug-likeness (QED) is 0.0627. The number of hydrazine groups is 1. The Hall–Kier alpha value is -3.71. The SMILES string of the molecule is Cc1ccc(S(=O)(=O)NNC(=O)c2ccccc2NC(=S)NC(NC(=O)Cc2ccc(-c3ccccc3)cc2)C(Cl)(Cl)Cl)cc1. The van der Waals surface area contributed by atoms with Gasteiger partial charge in [-0.05, 0) is 60.1 Å². The molecule has 0 aliphatic heterocycles. The number of anilines is 1. The van der Waals surface area contributed by atoms with E-state index in [1.54, 1.807) is 30.3 Å². The maximum absolute atomic E-state index is 12.9. The molecule has 4 aromatic rings. The van der Waals surface area contributed by atoms with Crippen LogP contribution in [0.15, 0.2) is 108 Å². The molecule has 0 heterocycles. The molecule has 1 atom stereocenters. The van der Waals surface area contributed by atoms with Crippen LogP contribution in [0, 0.1) is 6.92 Å². The molecule has 9 nitrogen and oxygen atoms in total. The van der Waals surface area contributed by atoms with Gasteiger partial charge in [0.15, 0.2) is 5.11 Å². The van der Waals surface area contributed by atoms with Crippen LogP contribution in [0.25, 0.3) is 11.1 Å². The minimum Gasteiger partial charge on any atom is -0.339 e. The zero-order chi connectivity index (χ0) is 32.6. The largest absolute Gasteiger partial charge is 0.339 e. The molecule has 2 amide bonds. The van der Waals surface area contributed by atoms with Crippen molar-refractivity contribution < 1.29 is 18.0 Å². The Morgan fingerprint density at radius 3 is 2.04 bits per heavy atom. The van der Waals surface area contributed by atoms with Crippen molar-refractivity contribution in [1.29, 1.82) is 0 Å². The molecular formula is C31H28Cl3N5O4S2. The zero-order valence-corrected chi connectivity index (χ0v) is 27.6. The molecule has 0 bridgehead atoms. The van der Waals surface area contributed by atoms with E-state index in [1.165, 1.54) is 18.2 Å². The first-order valence-electron chi connectivity index (χ1n) is 13.4. The van der Waals surface area contributed by atoms with Crippen LogP contribution in [0.1, 0.15) is 21.5 Å². The summed E-state index contributed by atoms with van der Waals surface area (Å²) in [6, 6.07) is 29.7. The second-order valence-electron chi connectivity index (χ2n) is 9.80. The Labute approximate surface area is 281 Å². The van der Waals surface area contributed by atoms with Gasteiger partial charge < -0.3 is 16.0 Å². The van der Waals surface area contributed by atoms with Crippen LogP contribution < -0.4 is 26.2 Å². The van der Waals surface area contributed by atoms with Crippen LogP contribution in [0.3, 0.4) is 0 Å². The van der Waals surface area contributed by atoms with Crippen molar-refractivity contribution in [1.82, 2.24) is 20.9 Å². The highest BCUT2D eigenvalue weighted by molar-refractivity contribution is 7.89. The van der Waals surface area contributed by atoms with Gasteiger partial charge in [-0.1, -0.05) is 119 Å². The number of carbonyl (C=O) groups excluding carboxylic acids is 2. The summed E-state index contributed by atoms with van der Waals surface area (Å²) in [7, 11) is -4.02. The summed E-state index contributed by atoms with van der Waals surface area (Å²) in [4.78, 5) is 27.9. The van der Waals surface area contributed by atoms with Gasteiger partial charge in [0, 0.05) is 0 Å². The fourth-order valence-corrected chi connectivity index (χ4v) is 5.47. The predicted octanol–water partition coefficient (Wildman–Crippen LogP) is 5.63. The average molecular weight is 705 g/mol. The van der Waals surface area contributed by atoms with E-state index in [1.807, 2.05) is 61.5 Å². The summed E-state index contributed by atoms with van der Waals surface area (Å²) >= 11 is 23.8. The van der Waals surface area contributed by atoms with E-state index in [4.69, 9.17) is 47.0 Å². The number of nitrogens with one attached hydrogen (secondary N) is 5. The lowest BCUT2D eigenvalue weighted by atomic mass is 10.0. The van der Waals surface area contributed by atoms with Gasteiger partial charge in [-0.15, -0.1) is 4.83 Å². The Kier molecular flexibility index (Phi) is 11.4. The predicted molar refractivity (Wildman–Crippen MR) is 183 cm³/mol. The van der Waals surface area contributed by atoms with Crippen LogP contribution in [-0.2, 0) is 21.2 Å². The summed E-state index contributed by atoms with van der Waals surface area (Å²) in [5.74, 6) is -1.20. The van der Waals surface area contributed by atoms with Crippen molar-refractivity contribution in [3.63, 3.8) is 0 Å². The molecule has 1 unspecified atom stereocenters. The summed E-state index contributed by atoms with van der Waals surface area (Å²) < 4.78 is 23.2. The van der Waals surface area contributed by atoms with Crippen molar-refractivity contribution in [3.8, 4) is 11.1 Å². The number of rotatable bonds is 10. The third-order valence-electron chi connectivity index (χ3n) is 6.38. The van der Waals surface area contributed by atoms with Crippen molar-refractivity contribution in [2.75, 3.05) is 5.32 Å². The van der Waals surface area contributed by atoms with Crippen LogP contribution in [0.2, 0.25) is 0 Å². The number of para-hydroxylation sites is 1. The van der Waals surface area contributed by atoms with Crippen LogP contribution in [0.4, 0.5) is 5.69 Å². The molecule has 0 fully saturated rings. The number of sulfonamides is 1. The van der Waals surface area contributed by atoms with Gasteiger partial charge in [-0.25, -0.2) is 8.42 Å². The minimum absolute atomic E-state index is 0.00961. The molecule has 5 N–H and O–H groups in total. The standard InChI is InChI=1S/C31H28Cl3N5O4S2/c1-20-11-17-24(18-12-20)45(42,43)39-38-28(41)25-9-5-6-10-26(25)35-30(44)37-29(31(32,33)34)36-27(40)19-21-13-15-23(16-14-21)22-7-3-2-4-8-22/h2-18,29,39H,19H2,1H3,(H,36,40)(H,38,41)(H2,35,37,44). The Morgan fingerprint density at radius 2 is 1.40 bits per heavy atom. The third-order valence-corrected chi connectivity index (χ3v) is 8.52. The summed E-state index contributed by atoms with van der Waals surface area (Å²) in [5.41, 5.74) is 6.16.